The molecule has 2 aromatic rings. The summed E-state index contributed by atoms with van der Waals surface area (Å²) in [4.78, 5) is 15.9. The Morgan fingerprint density at radius 3 is 2.68 bits per heavy atom. The van der Waals surface area contributed by atoms with Gasteiger partial charge in [-0.15, -0.1) is 17.0 Å². The summed E-state index contributed by atoms with van der Waals surface area (Å²) >= 11 is 3.39. The van der Waals surface area contributed by atoms with Gasteiger partial charge in [-0.1, -0.05) is 6.07 Å². The second kappa shape index (κ2) is 12.7. The Morgan fingerprint density at radius 1 is 1.25 bits per heavy atom. The molecule has 0 unspecified atom stereocenters. The van der Waals surface area contributed by atoms with Crippen molar-refractivity contribution in [3.05, 3.63) is 52.3 Å². The molecule has 1 aromatic heterocycles. The minimum absolute atomic E-state index is 0. The fourth-order valence-corrected chi connectivity index (χ4v) is 2.81. The minimum Gasteiger partial charge on any atom is -0.484 e. The number of aryl methyl sites for hydroxylation is 1. The molecule has 0 amide bonds. The molecule has 154 valence electrons. The number of nitrogens with zero attached hydrogens (tertiary/aromatic N) is 1. The maximum absolute atomic E-state index is 11.4. The maximum atomic E-state index is 11.4. The normalized spacial score (nSPS) is 11.3. The Balaban J connectivity index is 0.00000392. The molecule has 0 aliphatic carbocycles. The van der Waals surface area contributed by atoms with Gasteiger partial charge in [0.15, 0.2) is 6.61 Å². The molecule has 1 atom stereocenters. The van der Waals surface area contributed by atoms with Gasteiger partial charge in [-0.25, -0.2) is 9.78 Å². The van der Waals surface area contributed by atoms with Crippen LogP contribution in [0.15, 0.2) is 41.0 Å². The fourth-order valence-electron chi connectivity index (χ4n) is 2.46. The molecule has 6 nitrogen and oxygen atoms in total. The highest BCUT2D eigenvalue weighted by Crippen LogP contribution is 2.29. The number of carbonyl (C=O) groups is 1. The number of halogens is 2. The Kier molecular flexibility index (Phi) is 11.1. The van der Waals surface area contributed by atoms with Crippen LogP contribution < -0.4 is 9.47 Å². The molecule has 0 aliphatic heterocycles. The Hall–Kier alpha value is -1.64. The average molecular weight is 519 g/mol. The number of hydrogen-bond donors (Lipinski definition) is 0. The standard InChI is InChI=1S/C20H24BrNO5.BrH/c1-4-25-20(23)13-26-17-9-8-15(12-14(17)2)27-18(10-11-24-3)16-6-5-7-19(21)22-16;/h5-9,12,18H,4,10-11,13H2,1-3H3;1H/t18-;/m1./s1. The molecule has 0 saturated heterocycles. The van der Waals surface area contributed by atoms with Gasteiger partial charge in [0.1, 0.15) is 22.2 Å². The zero-order chi connectivity index (χ0) is 19.6. The summed E-state index contributed by atoms with van der Waals surface area (Å²) in [5.41, 5.74) is 1.69. The first-order chi connectivity index (χ1) is 13.0. The second-order valence-corrected chi connectivity index (χ2v) is 6.61. The van der Waals surface area contributed by atoms with Crippen molar-refractivity contribution in [1.29, 1.82) is 0 Å². The van der Waals surface area contributed by atoms with E-state index >= 15 is 0 Å². The van der Waals surface area contributed by atoms with E-state index in [1.807, 2.05) is 37.3 Å². The van der Waals surface area contributed by atoms with Gasteiger partial charge in [0, 0.05) is 13.5 Å². The van der Waals surface area contributed by atoms with Crippen molar-refractivity contribution in [2.45, 2.75) is 26.4 Å². The van der Waals surface area contributed by atoms with Crippen molar-refractivity contribution in [3.63, 3.8) is 0 Å². The van der Waals surface area contributed by atoms with Gasteiger partial charge in [-0.05, 0) is 65.7 Å². The molecule has 1 aromatic carbocycles. The summed E-state index contributed by atoms with van der Waals surface area (Å²) < 4.78 is 22.5. The quantitative estimate of drug-likeness (QED) is 0.331. The van der Waals surface area contributed by atoms with Gasteiger partial charge in [-0.2, -0.15) is 0 Å². The highest BCUT2D eigenvalue weighted by molar-refractivity contribution is 9.10. The zero-order valence-electron chi connectivity index (χ0n) is 16.1. The van der Waals surface area contributed by atoms with Crippen LogP contribution in [0.5, 0.6) is 11.5 Å². The van der Waals surface area contributed by atoms with Crippen molar-refractivity contribution in [2.75, 3.05) is 26.9 Å². The molecule has 2 rings (SSSR count). The summed E-state index contributed by atoms with van der Waals surface area (Å²) in [6.45, 7) is 4.43. The highest BCUT2D eigenvalue weighted by Gasteiger charge is 2.16. The minimum atomic E-state index is -0.391. The number of ether oxygens (including phenoxy) is 4. The van der Waals surface area contributed by atoms with Crippen molar-refractivity contribution < 1.29 is 23.7 Å². The van der Waals surface area contributed by atoms with E-state index in [-0.39, 0.29) is 29.7 Å². The Bertz CT molecular complexity index is 757. The molecule has 0 fully saturated rings. The number of benzene rings is 1. The van der Waals surface area contributed by atoms with Crippen molar-refractivity contribution in [1.82, 2.24) is 4.98 Å². The lowest BCUT2D eigenvalue weighted by Gasteiger charge is -2.19. The zero-order valence-corrected chi connectivity index (χ0v) is 19.4. The largest absolute Gasteiger partial charge is 0.484 e. The molecule has 0 saturated carbocycles. The molecule has 1 heterocycles. The van der Waals surface area contributed by atoms with Crippen LogP contribution in [0.2, 0.25) is 0 Å². The molecular weight excluding hydrogens is 494 g/mol. The number of esters is 1. The molecule has 0 aliphatic rings. The summed E-state index contributed by atoms with van der Waals surface area (Å²) in [5.74, 6) is 0.917. The van der Waals surface area contributed by atoms with E-state index in [9.17, 15) is 4.79 Å². The number of carbonyl (C=O) groups excluding carboxylic acids is 1. The molecule has 0 bridgehead atoms. The smallest absolute Gasteiger partial charge is 0.344 e. The van der Waals surface area contributed by atoms with E-state index in [0.717, 1.165) is 15.9 Å². The molecule has 8 heteroatoms. The highest BCUT2D eigenvalue weighted by atomic mass is 79.9. The topological polar surface area (TPSA) is 66.9 Å². The van der Waals surface area contributed by atoms with Crippen LogP contribution in [0.3, 0.4) is 0 Å². The van der Waals surface area contributed by atoms with Gasteiger partial charge >= 0.3 is 5.97 Å². The lowest BCUT2D eigenvalue weighted by molar-refractivity contribution is -0.145. The first kappa shape index (κ1) is 24.4. The second-order valence-electron chi connectivity index (χ2n) is 5.79. The van der Waals surface area contributed by atoms with Crippen LogP contribution >= 0.6 is 32.9 Å². The predicted octanol–water partition coefficient (Wildman–Crippen LogP) is 4.83. The van der Waals surface area contributed by atoms with E-state index < -0.39 is 5.97 Å². The van der Waals surface area contributed by atoms with Crippen LogP contribution in [-0.2, 0) is 14.3 Å². The third kappa shape index (κ3) is 7.77. The van der Waals surface area contributed by atoms with Crippen LogP contribution in [0.4, 0.5) is 0 Å². The summed E-state index contributed by atoms with van der Waals surface area (Å²) in [5, 5.41) is 0. The number of methoxy groups -OCH3 is 1. The van der Waals surface area contributed by atoms with E-state index in [1.165, 1.54) is 0 Å². The molecule has 0 spiro atoms. The number of rotatable bonds is 10. The monoisotopic (exact) mass is 517 g/mol. The Morgan fingerprint density at radius 2 is 2.04 bits per heavy atom. The predicted molar refractivity (Wildman–Crippen MR) is 115 cm³/mol. The van der Waals surface area contributed by atoms with Crippen molar-refractivity contribution in [2.24, 2.45) is 0 Å². The third-order valence-corrected chi connectivity index (χ3v) is 4.17. The first-order valence-corrected chi connectivity index (χ1v) is 9.50. The van der Waals surface area contributed by atoms with Gasteiger partial charge in [0.25, 0.3) is 0 Å². The average Bonchev–Trinajstić information content (AvgIpc) is 2.64. The van der Waals surface area contributed by atoms with Crippen molar-refractivity contribution in [3.8, 4) is 11.5 Å². The van der Waals surface area contributed by atoms with Gasteiger partial charge < -0.3 is 18.9 Å². The third-order valence-electron chi connectivity index (χ3n) is 3.73. The molecule has 28 heavy (non-hydrogen) atoms. The molecule has 0 radical (unpaired) electrons. The lowest BCUT2D eigenvalue weighted by atomic mass is 10.1. The van der Waals surface area contributed by atoms with Crippen LogP contribution in [0, 0.1) is 6.92 Å². The molecule has 0 N–H and O–H groups in total. The Labute approximate surface area is 184 Å². The summed E-state index contributed by atoms with van der Waals surface area (Å²) in [7, 11) is 1.66. The SMILES string of the molecule is Br.CCOC(=O)COc1ccc(O[C@H](CCOC)c2cccc(Br)n2)cc1C. The fraction of sp³-hybridized carbons (Fsp3) is 0.400. The van der Waals surface area contributed by atoms with Gasteiger partial charge in [0.05, 0.1) is 18.9 Å². The van der Waals surface area contributed by atoms with Gasteiger partial charge in [0.2, 0.25) is 0 Å². The summed E-state index contributed by atoms with van der Waals surface area (Å²) in [6.07, 6.45) is 0.424. The van der Waals surface area contributed by atoms with E-state index in [4.69, 9.17) is 18.9 Å². The van der Waals surface area contributed by atoms with Crippen LogP contribution in [-0.4, -0.2) is 37.9 Å². The first-order valence-electron chi connectivity index (χ1n) is 8.70. The number of pyridine rings is 1. The summed E-state index contributed by atoms with van der Waals surface area (Å²) in [6, 6.07) is 11.2. The van der Waals surface area contributed by atoms with Crippen molar-refractivity contribution >= 4 is 38.9 Å². The van der Waals surface area contributed by atoms with E-state index in [2.05, 4.69) is 20.9 Å². The number of aromatic nitrogens is 1. The maximum Gasteiger partial charge on any atom is 0.344 e. The van der Waals surface area contributed by atoms with E-state index in [0.29, 0.717) is 31.1 Å². The molecular formula is C20H25Br2NO5. The van der Waals surface area contributed by atoms with Crippen LogP contribution in [0.25, 0.3) is 0 Å². The van der Waals surface area contributed by atoms with E-state index in [1.54, 1.807) is 20.1 Å². The van der Waals surface area contributed by atoms with Gasteiger partial charge in [-0.3, -0.25) is 0 Å². The number of hydrogen-bond acceptors (Lipinski definition) is 6. The van der Waals surface area contributed by atoms with Crippen LogP contribution in [0.1, 0.15) is 30.7 Å². The lowest BCUT2D eigenvalue weighted by Crippen LogP contribution is -2.15.